The zero-order valence-corrected chi connectivity index (χ0v) is 19.5. The summed E-state index contributed by atoms with van der Waals surface area (Å²) in [5.41, 5.74) is 3.19. The van der Waals surface area contributed by atoms with Crippen LogP contribution in [0.25, 0.3) is 22.8 Å². The van der Waals surface area contributed by atoms with Crippen LogP contribution in [0.5, 0.6) is 5.75 Å². The first-order chi connectivity index (χ1) is 16.6. The van der Waals surface area contributed by atoms with E-state index in [1.54, 1.807) is 13.3 Å². The third-order valence-electron chi connectivity index (χ3n) is 5.99. The number of ether oxygens (including phenoxy) is 1. The Hall–Kier alpha value is -3.77. The smallest absolute Gasteiger partial charge is 0.254 e. The van der Waals surface area contributed by atoms with Crippen molar-refractivity contribution in [2.45, 2.75) is 0 Å². The van der Waals surface area contributed by atoms with Crippen LogP contribution in [0.1, 0.15) is 10.4 Å². The van der Waals surface area contributed by atoms with Crippen LogP contribution >= 0.6 is 11.6 Å². The zero-order chi connectivity index (χ0) is 23.5. The maximum atomic E-state index is 13.5. The lowest BCUT2D eigenvalue weighted by molar-refractivity contribution is 0.0747. The molecule has 1 aliphatic rings. The number of piperazine rings is 1. The second-order valence-corrected chi connectivity index (χ2v) is 8.50. The Morgan fingerprint density at radius 2 is 1.76 bits per heavy atom. The minimum atomic E-state index is -0.0255. The van der Waals surface area contributed by atoms with Gasteiger partial charge in [0.05, 0.1) is 18.9 Å². The van der Waals surface area contributed by atoms with Crippen molar-refractivity contribution in [3.8, 4) is 28.5 Å². The van der Waals surface area contributed by atoms with Crippen molar-refractivity contribution < 1.29 is 13.9 Å². The number of carbonyl (C=O) groups is 1. The third-order valence-corrected chi connectivity index (χ3v) is 6.22. The number of carbonyl (C=O) groups excluding carboxylic acids is 1. The molecule has 1 aliphatic heterocycles. The number of benzene rings is 3. The first kappa shape index (κ1) is 22.0. The Kier molecular flexibility index (Phi) is 6.23. The molecule has 1 amide bonds. The van der Waals surface area contributed by atoms with Crippen molar-refractivity contribution >= 4 is 23.2 Å². The maximum absolute atomic E-state index is 13.5. The van der Waals surface area contributed by atoms with Crippen molar-refractivity contribution in [1.29, 1.82) is 0 Å². The van der Waals surface area contributed by atoms with Crippen molar-refractivity contribution in [3.05, 3.63) is 89.6 Å². The highest BCUT2D eigenvalue weighted by Crippen LogP contribution is 2.30. The average molecular weight is 474 g/mol. The van der Waals surface area contributed by atoms with Gasteiger partial charge >= 0.3 is 0 Å². The van der Waals surface area contributed by atoms with Gasteiger partial charge in [0, 0.05) is 48.0 Å². The van der Waals surface area contributed by atoms with E-state index in [4.69, 9.17) is 20.8 Å². The van der Waals surface area contributed by atoms with Gasteiger partial charge in [-0.25, -0.2) is 4.98 Å². The molecule has 1 fully saturated rings. The second-order valence-electron chi connectivity index (χ2n) is 8.07. The SMILES string of the molecule is COc1cccc(-c2cnc(-c3ccccc3C(=O)N3CCN(c4cccc(Cl)c4)CC3)o2)c1. The van der Waals surface area contributed by atoms with Crippen molar-refractivity contribution in [1.82, 2.24) is 9.88 Å². The van der Waals surface area contributed by atoms with Gasteiger partial charge in [-0.3, -0.25) is 4.79 Å². The van der Waals surface area contributed by atoms with E-state index in [2.05, 4.69) is 9.88 Å². The number of nitrogens with zero attached hydrogens (tertiary/aromatic N) is 3. The van der Waals surface area contributed by atoms with Crippen LogP contribution in [-0.4, -0.2) is 49.1 Å². The molecule has 1 saturated heterocycles. The van der Waals surface area contributed by atoms with Crippen molar-refractivity contribution in [3.63, 3.8) is 0 Å². The number of aromatic nitrogens is 1. The van der Waals surface area contributed by atoms with E-state index in [1.807, 2.05) is 77.7 Å². The highest BCUT2D eigenvalue weighted by atomic mass is 35.5. The van der Waals surface area contributed by atoms with Crippen LogP contribution < -0.4 is 9.64 Å². The van der Waals surface area contributed by atoms with Gasteiger partial charge in [0.1, 0.15) is 5.75 Å². The van der Waals surface area contributed by atoms with E-state index in [9.17, 15) is 4.79 Å². The van der Waals surface area contributed by atoms with Gasteiger partial charge in [0.25, 0.3) is 5.91 Å². The minimum absolute atomic E-state index is 0.0255. The zero-order valence-electron chi connectivity index (χ0n) is 18.8. The van der Waals surface area contributed by atoms with E-state index in [1.165, 1.54) is 0 Å². The lowest BCUT2D eigenvalue weighted by Gasteiger charge is -2.36. The van der Waals surface area contributed by atoms with Crippen molar-refractivity contribution in [2.24, 2.45) is 0 Å². The van der Waals surface area contributed by atoms with Gasteiger partial charge in [0.2, 0.25) is 5.89 Å². The first-order valence-corrected chi connectivity index (χ1v) is 11.5. The van der Waals surface area contributed by atoms with Crippen LogP contribution in [-0.2, 0) is 0 Å². The summed E-state index contributed by atoms with van der Waals surface area (Å²) < 4.78 is 11.4. The fourth-order valence-electron chi connectivity index (χ4n) is 4.18. The highest BCUT2D eigenvalue weighted by Gasteiger charge is 2.25. The predicted molar refractivity (Wildman–Crippen MR) is 133 cm³/mol. The standard InChI is InChI=1S/C27H24ClN3O3/c1-33-22-9-4-6-19(16-22)25-18-29-26(34-25)23-10-2-3-11-24(23)27(32)31-14-12-30(13-15-31)21-8-5-7-20(28)17-21/h2-11,16-18H,12-15H2,1H3. The summed E-state index contributed by atoms with van der Waals surface area (Å²) in [6.07, 6.45) is 1.68. The monoisotopic (exact) mass is 473 g/mol. The molecule has 0 saturated carbocycles. The van der Waals surface area contributed by atoms with Gasteiger partial charge in [-0.05, 0) is 42.5 Å². The molecular weight excluding hydrogens is 450 g/mol. The van der Waals surface area contributed by atoms with E-state index >= 15 is 0 Å². The van der Waals surface area contributed by atoms with Crippen LogP contribution in [0.4, 0.5) is 5.69 Å². The summed E-state index contributed by atoms with van der Waals surface area (Å²) >= 11 is 6.14. The molecule has 3 aromatic carbocycles. The first-order valence-electron chi connectivity index (χ1n) is 11.1. The molecule has 0 radical (unpaired) electrons. The maximum Gasteiger partial charge on any atom is 0.254 e. The van der Waals surface area contributed by atoms with Gasteiger partial charge in [-0.1, -0.05) is 41.9 Å². The molecular formula is C27H24ClN3O3. The summed E-state index contributed by atoms with van der Waals surface area (Å²) in [5, 5.41) is 0.712. The molecule has 172 valence electrons. The largest absolute Gasteiger partial charge is 0.497 e. The number of amides is 1. The van der Waals surface area contributed by atoms with Gasteiger partial charge < -0.3 is 19.0 Å². The fourth-order valence-corrected chi connectivity index (χ4v) is 4.36. The summed E-state index contributed by atoms with van der Waals surface area (Å²) in [6, 6.07) is 22.9. The predicted octanol–water partition coefficient (Wildman–Crippen LogP) is 5.63. The summed E-state index contributed by atoms with van der Waals surface area (Å²) in [7, 11) is 1.63. The van der Waals surface area contributed by atoms with E-state index < -0.39 is 0 Å². The Bertz CT molecular complexity index is 1310. The molecule has 0 spiro atoms. The summed E-state index contributed by atoms with van der Waals surface area (Å²) in [5.74, 6) is 1.75. The molecule has 0 N–H and O–H groups in total. The summed E-state index contributed by atoms with van der Waals surface area (Å²) in [4.78, 5) is 22.0. The number of hydrogen-bond acceptors (Lipinski definition) is 5. The number of rotatable bonds is 5. The molecule has 2 heterocycles. The van der Waals surface area contributed by atoms with Crippen molar-refractivity contribution in [2.75, 3.05) is 38.2 Å². The second kappa shape index (κ2) is 9.61. The molecule has 0 bridgehead atoms. The number of halogens is 1. The molecule has 1 aromatic heterocycles. The Labute approximate surface area is 203 Å². The lowest BCUT2D eigenvalue weighted by atomic mass is 10.1. The number of oxazole rings is 1. The number of hydrogen-bond donors (Lipinski definition) is 0. The topological polar surface area (TPSA) is 58.8 Å². The fraction of sp³-hybridized carbons (Fsp3) is 0.185. The number of methoxy groups -OCH3 is 1. The highest BCUT2D eigenvalue weighted by molar-refractivity contribution is 6.30. The van der Waals surface area contributed by atoms with Crippen LogP contribution in [0.2, 0.25) is 5.02 Å². The third kappa shape index (κ3) is 4.50. The van der Waals surface area contributed by atoms with Crippen LogP contribution in [0.15, 0.2) is 83.4 Å². The molecule has 5 rings (SSSR count). The Morgan fingerprint density at radius 3 is 2.56 bits per heavy atom. The Morgan fingerprint density at radius 1 is 0.971 bits per heavy atom. The molecule has 0 atom stereocenters. The molecule has 0 unspecified atom stereocenters. The van der Waals surface area contributed by atoms with Crippen LogP contribution in [0.3, 0.4) is 0 Å². The van der Waals surface area contributed by atoms with E-state index in [0.717, 1.165) is 30.1 Å². The normalized spacial score (nSPS) is 13.7. The molecule has 6 nitrogen and oxygen atoms in total. The van der Waals surface area contributed by atoms with E-state index in [-0.39, 0.29) is 5.91 Å². The summed E-state index contributed by atoms with van der Waals surface area (Å²) in [6.45, 7) is 2.74. The van der Waals surface area contributed by atoms with Gasteiger partial charge in [-0.15, -0.1) is 0 Å². The molecule has 0 aliphatic carbocycles. The van der Waals surface area contributed by atoms with Crippen LogP contribution in [0, 0.1) is 0 Å². The molecule has 7 heteroatoms. The molecule has 34 heavy (non-hydrogen) atoms. The van der Waals surface area contributed by atoms with Gasteiger partial charge in [0.15, 0.2) is 5.76 Å². The lowest BCUT2D eigenvalue weighted by Crippen LogP contribution is -2.48. The number of anilines is 1. The van der Waals surface area contributed by atoms with Gasteiger partial charge in [-0.2, -0.15) is 0 Å². The minimum Gasteiger partial charge on any atom is -0.497 e. The molecule has 4 aromatic rings. The Balaban J connectivity index is 1.34. The van der Waals surface area contributed by atoms with E-state index in [0.29, 0.717) is 40.9 Å². The quantitative estimate of drug-likeness (QED) is 0.376. The average Bonchev–Trinajstić information content (AvgIpc) is 3.39.